The topological polar surface area (TPSA) is 52.7 Å². The van der Waals surface area contributed by atoms with Gasteiger partial charge in [-0.1, -0.05) is 22.0 Å². The van der Waals surface area contributed by atoms with Crippen LogP contribution in [0.1, 0.15) is 6.42 Å². The lowest BCUT2D eigenvalue weighted by atomic mass is 10.2. The van der Waals surface area contributed by atoms with Crippen LogP contribution in [0.4, 0.5) is 0 Å². The standard InChI is InChI=1S/C14H20BrN3O2S/c15-12-2-1-3-14(10-12)21(19,20)18-8-6-17(7-9-18)13-4-5-16-11-13/h1-3,10,13,16H,4-9,11H2. The Labute approximate surface area is 134 Å². The second-order valence-electron chi connectivity index (χ2n) is 5.54. The summed E-state index contributed by atoms with van der Waals surface area (Å²) in [6, 6.07) is 7.50. The lowest BCUT2D eigenvalue weighted by Gasteiger charge is -2.37. The molecule has 0 radical (unpaired) electrons. The number of piperazine rings is 1. The molecular formula is C14H20BrN3O2S. The zero-order chi connectivity index (χ0) is 14.9. The SMILES string of the molecule is O=S(=O)(c1cccc(Br)c1)N1CCN(C2CCNC2)CC1. The van der Waals surface area contributed by atoms with Crippen molar-refractivity contribution in [2.45, 2.75) is 17.4 Å². The van der Waals surface area contributed by atoms with Gasteiger partial charge in [-0.15, -0.1) is 0 Å². The highest BCUT2D eigenvalue weighted by atomic mass is 79.9. The molecule has 0 bridgehead atoms. The number of hydrogen-bond donors (Lipinski definition) is 1. The molecular weight excluding hydrogens is 354 g/mol. The van der Waals surface area contributed by atoms with Crippen LogP contribution < -0.4 is 5.32 Å². The van der Waals surface area contributed by atoms with Gasteiger partial charge in [0.1, 0.15) is 0 Å². The van der Waals surface area contributed by atoms with Gasteiger partial charge in [-0.3, -0.25) is 4.90 Å². The van der Waals surface area contributed by atoms with Crippen LogP contribution in [0.3, 0.4) is 0 Å². The normalized spacial score (nSPS) is 25.3. The summed E-state index contributed by atoms with van der Waals surface area (Å²) in [6.45, 7) is 4.88. The Balaban J connectivity index is 1.68. The molecule has 2 fully saturated rings. The number of hydrogen-bond acceptors (Lipinski definition) is 4. The first kappa shape index (κ1) is 15.4. The molecule has 7 heteroatoms. The summed E-state index contributed by atoms with van der Waals surface area (Å²) in [5.41, 5.74) is 0. The molecule has 1 aromatic carbocycles. The lowest BCUT2D eigenvalue weighted by molar-refractivity contribution is 0.145. The molecule has 0 amide bonds. The first-order chi connectivity index (χ1) is 10.1. The minimum atomic E-state index is -3.37. The highest BCUT2D eigenvalue weighted by Gasteiger charge is 2.31. The third-order valence-corrected chi connectivity index (χ3v) is 6.65. The van der Waals surface area contributed by atoms with Crippen LogP contribution in [-0.2, 0) is 10.0 Å². The van der Waals surface area contributed by atoms with Crippen molar-refractivity contribution in [3.05, 3.63) is 28.7 Å². The van der Waals surface area contributed by atoms with Crippen molar-refractivity contribution in [2.75, 3.05) is 39.3 Å². The number of sulfonamides is 1. The highest BCUT2D eigenvalue weighted by Crippen LogP contribution is 2.22. The summed E-state index contributed by atoms with van der Waals surface area (Å²) < 4.78 is 27.7. The van der Waals surface area contributed by atoms with Crippen LogP contribution >= 0.6 is 15.9 Å². The second kappa shape index (κ2) is 6.34. The molecule has 3 rings (SSSR count). The molecule has 0 spiro atoms. The second-order valence-corrected chi connectivity index (χ2v) is 8.40. The van der Waals surface area contributed by atoms with E-state index in [0.717, 1.165) is 30.7 Å². The fourth-order valence-corrected chi connectivity index (χ4v) is 5.06. The molecule has 2 aliphatic heterocycles. The fourth-order valence-electron chi connectivity index (χ4n) is 3.04. The molecule has 1 atom stereocenters. The first-order valence-electron chi connectivity index (χ1n) is 7.28. The third-order valence-electron chi connectivity index (χ3n) is 4.26. The van der Waals surface area contributed by atoms with E-state index < -0.39 is 10.0 Å². The van der Waals surface area contributed by atoms with Gasteiger partial charge in [-0.05, 0) is 31.2 Å². The van der Waals surface area contributed by atoms with E-state index in [4.69, 9.17) is 0 Å². The predicted molar refractivity (Wildman–Crippen MR) is 85.7 cm³/mol. The molecule has 116 valence electrons. The van der Waals surface area contributed by atoms with Crippen LogP contribution in [0.5, 0.6) is 0 Å². The monoisotopic (exact) mass is 373 g/mol. The highest BCUT2D eigenvalue weighted by molar-refractivity contribution is 9.10. The number of nitrogens with one attached hydrogen (secondary N) is 1. The molecule has 0 aromatic heterocycles. The smallest absolute Gasteiger partial charge is 0.243 e. The average Bonchev–Trinajstić information content (AvgIpc) is 3.02. The molecule has 2 heterocycles. The number of halogens is 1. The van der Waals surface area contributed by atoms with Crippen molar-refractivity contribution in [3.8, 4) is 0 Å². The molecule has 1 N–H and O–H groups in total. The van der Waals surface area contributed by atoms with E-state index in [2.05, 4.69) is 26.1 Å². The van der Waals surface area contributed by atoms with Crippen molar-refractivity contribution >= 4 is 26.0 Å². The maximum absolute atomic E-state index is 12.6. The number of nitrogens with zero attached hydrogens (tertiary/aromatic N) is 2. The average molecular weight is 374 g/mol. The minimum Gasteiger partial charge on any atom is -0.315 e. The Morgan fingerprint density at radius 3 is 2.57 bits per heavy atom. The molecule has 1 aromatic rings. The Bertz CT molecular complexity index is 594. The Morgan fingerprint density at radius 2 is 1.95 bits per heavy atom. The van der Waals surface area contributed by atoms with Gasteiger partial charge in [0.25, 0.3) is 0 Å². The maximum atomic E-state index is 12.6. The van der Waals surface area contributed by atoms with E-state index in [1.165, 1.54) is 6.42 Å². The third kappa shape index (κ3) is 3.32. The van der Waals surface area contributed by atoms with Crippen LogP contribution in [0.25, 0.3) is 0 Å². The van der Waals surface area contributed by atoms with Crippen LogP contribution in [0.15, 0.2) is 33.6 Å². The molecule has 21 heavy (non-hydrogen) atoms. The van der Waals surface area contributed by atoms with E-state index in [-0.39, 0.29) is 0 Å². The summed E-state index contributed by atoms with van der Waals surface area (Å²) in [5, 5.41) is 3.36. The lowest BCUT2D eigenvalue weighted by Crippen LogP contribution is -2.52. The van der Waals surface area contributed by atoms with Crippen LogP contribution in [-0.4, -0.2) is 62.9 Å². The first-order valence-corrected chi connectivity index (χ1v) is 9.51. The zero-order valence-corrected chi connectivity index (χ0v) is 14.2. The number of benzene rings is 1. The van der Waals surface area contributed by atoms with Crippen molar-refractivity contribution < 1.29 is 8.42 Å². The Hall–Kier alpha value is -0.470. The molecule has 1 unspecified atom stereocenters. The van der Waals surface area contributed by atoms with Crippen LogP contribution in [0.2, 0.25) is 0 Å². The van der Waals surface area contributed by atoms with E-state index in [1.807, 2.05) is 6.07 Å². The van der Waals surface area contributed by atoms with Crippen molar-refractivity contribution in [2.24, 2.45) is 0 Å². The summed E-state index contributed by atoms with van der Waals surface area (Å²) >= 11 is 3.33. The molecule has 2 aliphatic rings. The van der Waals surface area contributed by atoms with E-state index in [9.17, 15) is 8.42 Å². The van der Waals surface area contributed by atoms with Gasteiger partial charge in [0.15, 0.2) is 0 Å². The summed E-state index contributed by atoms with van der Waals surface area (Å²) in [4.78, 5) is 2.78. The maximum Gasteiger partial charge on any atom is 0.243 e. The zero-order valence-electron chi connectivity index (χ0n) is 11.8. The van der Waals surface area contributed by atoms with Crippen LogP contribution in [0, 0.1) is 0 Å². The Kier molecular flexibility index (Phi) is 4.66. The summed E-state index contributed by atoms with van der Waals surface area (Å²) in [6.07, 6.45) is 1.17. The summed E-state index contributed by atoms with van der Waals surface area (Å²) in [7, 11) is -3.37. The van der Waals surface area contributed by atoms with Gasteiger partial charge in [-0.2, -0.15) is 4.31 Å². The molecule has 2 saturated heterocycles. The van der Waals surface area contributed by atoms with E-state index in [0.29, 0.717) is 24.0 Å². The molecule has 5 nitrogen and oxygen atoms in total. The molecule has 0 aliphatic carbocycles. The van der Waals surface area contributed by atoms with Gasteiger partial charge in [0.05, 0.1) is 4.90 Å². The number of rotatable bonds is 3. The van der Waals surface area contributed by atoms with Gasteiger partial charge in [0.2, 0.25) is 10.0 Å². The largest absolute Gasteiger partial charge is 0.315 e. The van der Waals surface area contributed by atoms with Crippen molar-refractivity contribution in [3.63, 3.8) is 0 Å². The van der Waals surface area contributed by atoms with Gasteiger partial charge >= 0.3 is 0 Å². The van der Waals surface area contributed by atoms with Gasteiger partial charge in [-0.25, -0.2) is 8.42 Å². The summed E-state index contributed by atoms with van der Waals surface area (Å²) in [5.74, 6) is 0. The fraction of sp³-hybridized carbons (Fsp3) is 0.571. The minimum absolute atomic E-state index is 0.368. The predicted octanol–water partition coefficient (Wildman–Crippen LogP) is 1.12. The molecule has 0 saturated carbocycles. The quantitative estimate of drug-likeness (QED) is 0.862. The van der Waals surface area contributed by atoms with Gasteiger partial charge in [0, 0.05) is 43.2 Å². The van der Waals surface area contributed by atoms with E-state index in [1.54, 1.807) is 22.5 Å². The van der Waals surface area contributed by atoms with Crippen molar-refractivity contribution in [1.82, 2.24) is 14.5 Å². The van der Waals surface area contributed by atoms with Crippen molar-refractivity contribution in [1.29, 1.82) is 0 Å². The van der Waals surface area contributed by atoms with Gasteiger partial charge < -0.3 is 5.32 Å². The van der Waals surface area contributed by atoms with E-state index >= 15 is 0 Å². The Morgan fingerprint density at radius 1 is 1.19 bits per heavy atom.